The van der Waals surface area contributed by atoms with Crippen LogP contribution in [0, 0.1) is 13.8 Å². The summed E-state index contributed by atoms with van der Waals surface area (Å²) in [6.45, 7) is 4.71. The number of nitrogens with zero attached hydrogens (tertiary/aromatic N) is 3. The fraction of sp³-hybridized carbons (Fsp3) is 0.417. The van der Waals surface area contributed by atoms with E-state index in [-0.39, 0.29) is 12.1 Å². The molecule has 6 nitrogen and oxygen atoms in total. The summed E-state index contributed by atoms with van der Waals surface area (Å²) in [5.74, 6) is 1.22. The number of aryl methyl sites for hydroxylation is 1. The molecular formula is C12H19N4O2S+. The second kappa shape index (κ2) is 6.55. The lowest BCUT2D eigenvalue weighted by Gasteiger charge is -2.01. The van der Waals surface area contributed by atoms with Gasteiger partial charge in [-0.2, -0.15) is 4.57 Å². The van der Waals surface area contributed by atoms with Gasteiger partial charge in [0, 0.05) is 26.1 Å². The zero-order valence-corrected chi connectivity index (χ0v) is 11.9. The minimum atomic E-state index is 0. The van der Waals surface area contributed by atoms with Crippen LogP contribution >= 0.6 is 11.3 Å². The minimum absolute atomic E-state index is 0. The Morgan fingerprint density at radius 1 is 1.42 bits per heavy atom. The van der Waals surface area contributed by atoms with Gasteiger partial charge in [0.15, 0.2) is 12.2 Å². The summed E-state index contributed by atoms with van der Waals surface area (Å²) in [6.07, 6.45) is 2.47. The van der Waals surface area contributed by atoms with E-state index in [4.69, 9.17) is 10.8 Å². The molecule has 0 aliphatic carbocycles. The molecule has 0 amide bonds. The molecule has 2 aromatic heterocycles. The van der Waals surface area contributed by atoms with Crippen LogP contribution in [0.3, 0.4) is 0 Å². The van der Waals surface area contributed by atoms with Crippen molar-refractivity contribution >= 4 is 17.2 Å². The molecule has 0 aliphatic rings. The van der Waals surface area contributed by atoms with Gasteiger partial charge in [0.05, 0.1) is 10.4 Å². The topological polar surface area (TPSA) is 107 Å². The van der Waals surface area contributed by atoms with Gasteiger partial charge in [-0.3, -0.25) is 0 Å². The molecule has 0 fully saturated rings. The molecule has 0 saturated carbocycles. The van der Waals surface area contributed by atoms with Gasteiger partial charge in [0.1, 0.15) is 11.6 Å². The number of rotatable bonds is 4. The number of anilines is 1. The van der Waals surface area contributed by atoms with E-state index in [1.54, 1.807) is 17.5 Å². The van der Waals surface area contributed by atoms with Gasteiger partial charge >= 0.3 is 0 Å². The van der Waals surface area contributed by atoms with Crippen LogP contribution in [0.25, 0.3) is 0 Å². The van der Waals surface area contributed by atoms with Crippen molar-refractivity contribution in [2.24, 2.45) is 0 Å². The molecular weight excluding hydrogens is 264 g/mol. The zero-order chi connectivity index (χ0) is 13.1. The standard InChI is InChI=1S/C12H17N4OS.H2O/c1-8-11(3-4-17)18-7-16(8)6-10-5-14-9(2)15-12(10)13;/h5,7,17H,3-4,6H2,1-2H3,(H2,13,14,15);1H2/q+1;. The number of aliphatic hydroxyl groups excluding tert-OH is 1. The Morgan fingerprint density at radius 2 is 2.16 bits per heavy atom. The molecule has 0 unspecified atom stereocenters. The number of nitrogen functional groups attached to an aromatic ring is 1. The number of hydrogen-bond donors (Lipinski definition) is 2. The van der Waals surface area contributed by atoms with Crippen LogP contribution < -0.4 is 10.3 Å². The van der Waals surface area contributed by atoms with E-state index in [0.717, 1.165) is 11.3 Å². The summed E-state index contributed by atoms with van der Waals surface area (Å²) in [4.78, 5) is 9.53. The summed E-state index contributed by atoms with van der Waals surface area (Å²) < 4.78 is 2.11. The fourth-order valence-electron chi connectivity index (χ4n) is 1.77. The van der Waals surface area contributed by atoms with E-state index in [0.29, 0.717) is 24.6 Å². The maximum Gasteiger partial charge on any atom is 0.225 e. The first-order valence-electron chi connectivity index (χ1n) is 5.77. The molecule has 2 heterocycles. The summed E-state index contributed by atoms with van der Waals surface area (Å²) in [7, 11) is 0. The zero-order valence-electron chi connectivity index (χ0n) is 11.1. The predicted octanol–water partition coefficient (Wildman–Crippen LogP) is -0.217. The Hall–Kier alpha value is -1.57. The van der Waals surface area contributed by atoms with E-state index in [2.05, 4.69) is 14.5 Å². The smallest absolute Gasteiger partial charge is 0.225 e. The highest BCUT2D eigenvalue weighted by Crippen LogP contribution is 2.13. The average Bonchev–Trinajstić information content (AvgIpc) is 2.66. The van der Waals surface area contributed by atoms with Gasteiger partial charge in [0.25, 0.3) is 0 Å². The lowest BCUT2D eigenvalue weighted by atomic mass is 10.2. The van der Waals surface area contributed by atoms with Crippen molar-refractivity contribution in [1.82, 2.24) is 9.97 Å². The van der Waals surface area contributed by atoms with Gasteiger partial charge in [-0.25, -0.2) is 9.97 Å². The van der Waals surface area contributed by atoms with Gasteiger partial charge in [-0.15, -0.1) is 0 Å². The van der Waals surface area contributed by atoms with Crippen molar-refractivity contribution in [1.29, 1.82) is 0 Å². The van der Waals surface area contributed by atoms with Gasteiger partial charge < -0.3 is 16.3 Å². The normalized spacial score (nSPS) is 10.3. The number of aromatic nitrogens is 3. The van der Waals surface area contributed by atoms with Crippen molar-refractivity contribution in [2.45, 2.75) is 26.8 Å². The van der Waals surface area contributed by atoms with E-state index in [1.807, 2.05) is 19.4 Å². The number of aliphatic hydroxyl groups is 1. The van der Waals surface area contributed by atoms with E-state index in [1.165, 1.54) is 4.88 Å². The third-order valence-corrected chi connectivity index (χ3v) is 4.00. The lowest BCUT2D eigenvalue weighted by molar-refractivity contribution is -0.689. The Morgan fingerprint density at radius 3 is 2.79 bits per heavy atom. The monoisotopic (exact) mass is 283 g/mol. The summed E-state index contributed by atoms with van der Waals surface area (Å²) in [6, 6.07) is 0. The first kappa shape index (κ1) is 15.5. The van der Waals surface area contributed by atoms with Crippen molar-refractivity contribution in [3.05, 3.63) is 33.7 Å². The number of nitrogens with two attached hydrogens (primary N) is 1. The Balaban J connectivity index is 0.00000180. The molecule has 0 atom stereocenters. The van der Waals surface area contributed by atoms with Crippen molar-refractivity contribution < 1.29 is 15.1 Å². The van der Waals surface area contributed by atoms with Crippen LogP contribution in [0.5, 0.6) is 0 Å². The second-order valence-corrected chi connectivity index (χ2v) is 5.10. The summed E-state index contributed by atoms with van der Waals surface area (Å²) in [5.41, 5.74) is 10.0. The molecule has 2 rings (SSSR count). The Kier molecular flexibility index (Phi) is 5.34. The molecule has 0 radical (unpaired) electrons. The van der Waals surface area contributed by atoms with Crippen LogP contribution in [-0.4, -0.2) is 27.2 Å². The quantitative estimate of drug-likeness (QED) is 0.756. The first-order chi connectivity index (χ1) is 8.61. The lowest BCUT2D eigenvalue weighted by Crippen LogP contribution is -2.35. The van der Waals surface area contributed by atoms with Crippen LogP contribution in [0.2, 0.25) is 0 Å². The third-order valence-electron chi connectivity index (χ3n) is 2.85. The Bertz CT molecular complexity index is 557. The molecule has 0 saturated heterocycles. The predicted molar refractivity (Wildman–Crippen MR) is 73.9 cm³/mol. The highest BCUT2D eigenvalue weighted by atomic mass is 32.1. The van der Waals surface area contributed by atoms with E-state index < -0.39 is 0 Å². The minimum Gasteiger partial charge on any atom is -0.412 e. The van der Waals surface area contributed by atoms with E-state index in [9.17, 15) is 0 Å². The average molecular weight is 283 g/mol. The molecule has 7 heteroatoms. The molecule has 5 N–H and O–H groups in total. The molecule has 0 aromatic carbocycles. The molecule has 19 heavy (non-hydrogen) atoms. The van der Waals surface area contributed by atoms with Crippen molar-refractivity contribution in [3.63, 3.8) is 0 Å². The first-order valence-corrected chi connectivity index (χ1v) is 6.65. The van der Waals surface area contributed by atoms with Crippen LogP contribution in [0.4, 0.5) is 5.82 Å². The molecule has 0 spiro atoms. The van der Waals surface area contributed by atoms with Crippen LogP contribution in [-0.2, 0) is 13.0 Å². The second-order valence-electron chi connectivity index (χ2n) is 4.16. The van der Waals surface area contributed by atoms with E-state index >= 15 is 0 Å². The van der Waals surface area contributed by atoms with Gasteiger partial charge in [-0.1, -0.05) is 11.3 Å². The highest BCUT2D eigenvalue weighted by Gasteiger charge is 2.16. The van der Waals surface area contributed by atoms with Crippen molar-refractivity contribution in [2.75, 3.05) is 12.3 Å². The number of hydrogen-bond acceptors (Lipinski definition) is 5. The molecule has 0 aliphatic heterocycles. The van der Waals surface area contributed by atoms with Crippen LogP contribution in [0.1, 0.15) is 22.0 Å². The fourth-order valence-corrected chi connectivity index (χ4v) is 2.75. The molecule has 104 valence electrons. The van der Waals surface area contributed by atoms with Crippen molar-refractivity contribution in [3.8, 4) is 0 Å². The van der Waals surface area contributed by atoms with Crippen LogP contribution in [0.15, 0.2) is 11.7 Å². The summed E-state index contributed by atoms with van der Waals surface area (Å²) >= 11 is 1.65. The molecule has 0 bridgehead atoms. The summed E-state index contributed by atoms with van der Waals surface area (Å²) in [5, 5.41) is 8.98. The SMILES string of the molecule is Cc1ncc(C[n+]2csc(CCO)c2C)c(N)n1.O. The Labute approximate surface area is 115 Å². The largest absolute Gasteiger partial charge is 0.412 e. The maximum absolute atomic E-state index is 8.98. The third kappa shape index (κ3) is 3.46. The highest BCUT2D eigenvalue weighted by molar-refractivity contribution is 7.09. The van der Waals surface area contributed by atoms with Gasteiger partial charge in [0.2, 0.25) is 5.51 Å². The van der Waals surface area contributed by atoms with Gasteiger partial charge in [-0.05, 0) is 6.92 Å². The maximum atomic E-state index is 8.98. The number of thiazole rings is 1. The molecule has 2 aromatic rings.